The first kappa shape index (κ1) is 23.1. The van der Waals surface area contributed by atoms with E-state index >= 15 is 4.39 Å². The molecule has 2 N–H and O–H groups in total. The Balaban J connectivity index is 1.62. The molecular formula is C26H31FN6. The van der Waals surface area contributed by atoms with E-state index in [1.807, 2.05) is 30.3 Å². The second-order valence-electron chi connectivity index (χ2n) is 8.25. The second-order valence-corrected chi connectivity index (χ2v) is 8.25. The zero-order valence-electron chi connectivity index (χ0n) is 19.3. The number of nitrogens with one attached hydrogen (secondary N) is 2. The minimum absolute atomic E-state index is 0.0302. The molecule has 2 heterocycles. The number of anilines is 2. The van der Waals surface area contributed by atoms with E-state index < -0.39 is 0 Å². The maximum Gasteiger partial charge on any atom is 0.141 e. The Morgan fingerprint density at radius 2 is 2.09 bits per heavy atom. The van der Waals surface area contributed by atoms with Crippen molar-refractivity contribution in [2.45, 2.75) is 19.9 Å². The minimum Gasteiger partial charge on any atom is -0.340 e. The maximum absolute atomic E-state index is 15.5. The fourth-order valence-electron chi connectivity index (χ4n) is 4.40. The summed E-state index contributed by atoms with van der Waals surface area (Å²) < 4.78 is 15.5. The molecule has 0 amide bonds. The van der Waals surface area contributed by atoms with Gasteiger partial charge in [0.05, 0.1) is 11.6 Å². The smallest absolute Gasteiger partial charge is 0.141 e. The monoisotopic (exact) mass is 446 g/mol. The summed E-state index contributed by atoms with van der Waals surface area (Å²) in [7, 11) is 0. The molecule has 0 bridgehead atoms. The lowest BCUT2D eigenvalue weighted by atomic mass is 10.0. The van der Waals surface area contributed by atoms with Crippen LogP contribution in [0, 0.1) is 18.2 Å². The third kappa shape index (κ3) is 5.31. The Morgan fingerprint density at radius 3 is 2.88 bits per heavy atom. The van der Waals surface area contributed by atoms with Gasteiger partial charge in [-0.15, -0.1) is 6.42 Å². The summed E-state index contributed by atoms with van der Waals surface area (Å²) in [5, 5.41) is 7.33. The van der Waals surface area contributed by atoms with E-state index in [0.717, 1.165) is 57.1 Å². The SMILES string of the molecule is C#Cc1cccc(Nc2ncnc3cc(C4CNCCN4CCN(CC)CC)c(F)cc23)c1. The van der Waals surface area contributed by atoms with E-state index in [0.29, 0.717) is 22.3 Å². The van der Waals surface area contributed by atoms with Crippen molar-refractivity contribution in [2.24, 2.45) is 0 Å². The molecule has 4 rings (SSSR count). The number of terminal acetylenes is 1. The van der Waals surface area contributed by atoms with Crippen molar-refractivity contribution in [3.63, 3.8) is 0 Å². The van der Waals surface area contributed by atoms with Crippen LogP contribution in [0.4, 0.5) is 15.9 Å². The van der Waals surface area contributed by atoms with Gasteiger partial charge in [-0.05, 0) is 43.4 Å². The summed E-state index contributed by atoms with van der Waals surface area (Å²) in [5.41, 5.74) is 2.95. The average molecular weight is 447 g/mol. The predicted molar refractivity (Wildman–Crippen MR) is 132 cm³/mol. The lowest BCUT2D eigenvalue weighted by Crippen LogP contribution is -2.48. The first-order chi connectivity index (χ1) is 16.1. The molecule has 33 heavy (non-hydrogen) atoms. The van der Waals surface area contributed by atoms with Gasteiger partial charge in [0.2, 0.25) is 0 Å². The molecule has 3 aromatic rings. The molecule has 0 radical (unpaired) electrons. The van der Waals surface area contributed by atoms with Crippen LogP contribution in [0.3, 0.4) is 0 Å². The van der Waals surface area contributed by atoms with Crippen LogP contribution >= 0.6 is 0 Å². The third-order valence-corrected chi connectivity index (χ3v) is 6.36. The number of hydrogen-bond acceptors (Lipinski definition) is 6. The molecule has 0 saturated carbocycles. The van der Waals surface area contributed by atoms with E-state index in [1.165, 1.54) is 6.33 Å². The number of rotatable bonds is 8. The van der Waals surface area contributed by atoms with E-state index in [2.05, 4.69) is 50.2 Å². The standard InChI is InChI=1S/C26H31FN6/c1-4-19-8-7-9-20(14-19)31-26-22-15-23(27)21(16-24(22)29-18-30-26)25-17-28-10-11-33(25)13-12-32(5-2)6-3/h1,7-9,14-16,18,25,28H,5-6,10-13,17H2,2-3H3,(H,29,30,31). The number of halogens is 1. The van der Waals surface area contributed by atoms with Crippen LogP contribution in [-0.2, 0) is 0 Å². The normalized spacial score (nSPS) is 16.8. The topological polar surface area (TPSA) is 56.3 Å². The molecule has 1 aromatic heterocycles. The summed E-state index contributed by atoms with van der Waals surface area (Å²) in [4.78, 5) is 13.6. The Labute approximate surface area is 195 Å². The maximum atomic E-state index is 15.5. The minimum atomic E-state index is -0.237. The molecule has 0 aliphatic carbocycles. The van der Waals surface area contributed by atoms with E-state index in [1.54, 1.807) is 6.07 Å². The molecule has 1 atom stereocenters. The summed E-state index contributed by atoms with van der Waals surface area (Å²) in [6.07, 6.45) is 7.02. The number of piperazine rings is 1. The molecule has 7 heteroatoms. The highest BCUT2D eigenvalue weighted by Crippen LogP contribution is 2.31. The van der Waals surface area contributed by atoms with Gasteiger partial charge in [-0.25, -0.2) is 14.4 Å². The Kier molecular flexibility index (Phi) is 7.50. The number of benzene rings is 2. The summed E-state index contributed by atoms with van der Waals surface area (Å²) in [5.74, 6) is 2.94. The van der Waals surface area contributed by atoms with Gasteiger partial charge in [-0.2, -0.15) is 0 Å². The molecule has 6 nitrogen and oxygen atoms in total. The molecule has 1 unspecified atom stereocenters. The number of fused-ring (bicyclic) bond motifs is 1. The molecule has 1 saturated heterocycles. The molecule has 1 fully saturated rings. The average Bonchev–Trinajstić information content (AvgIpc) is 2.85. The van der Waals surface area contributed by atoms with Crippen molar-refractivity contribution in [3.05, 3.63) is 59.7 Å². The molecule has 172 valence electrons. The van der Waals surface area contributed by atoms with Crippen LogP contribution < -0.4 is 10.6 Å². The number of aromatic nitrogens is 2. The highest BCUT2D eigenvalue weighted by atomic mass is 19.1. The van der Waals surface area contributed by atoms with Crippen molar-refractivity contribution in [1.29, 1.82) is 0 Å². The highest BCUT2D eigenvalue weighted by molar-refractivity contribution is 5.91. The Bertz CT molecular complexity index is 1140. The van der Waals surface area contributed by atoms with Crippen LogP contribution in [0.15, 0.2) is 42.7 Å². The van der Waals surface area contributed by atoms with Crippen LogP contribution in [0.25, 0.3) is 10.9 Å². The van der Waals surface area contributed by atoms with E-state index in [9.17, 15) is 0 Å². The number of likely N-dealkylation sites (N-methyl/N-ethyl adjacent to an activating group) is 1. The molecule has 1 aliphatic heterocycles. The number of nitrogens with zero attached hydrogens (tertiary/aromatic N) is 4. The first-order valence-electron chi connectivity index (χ1n) is 11.6. The van der Waals surface area contributed by atoms with Gasteiger partial charge in [-0.1, -0.05) is 25.8 Å². The quantitative estimate of drug-likeness (QED) is 0.514. The summed E-state index contributed by atoms with van der Waals surface area (Å²) in [6.45, 7) is 10.8. The lowest BCUT2D eigenvalue weighted by Gasteiger charge is -2.37. The Morgan fingerprint density at radius 1 is 1.24 bits per heavy atom. The van der Waals surface area contributed by atoms with Gasteiger partial charge in [0, 0.05) is 54.9 Å². The van der Waals surface area contributed by atoms with Gasteiger partial charge in [0.25, 0.3) is 0 Å². The second kappa shape index (κ2) is 10.7. The molecule has 0 spiro atoms. The largest absolute Gasteiger partial charge is 0.340 e. The van der Waals surface area contributed by atoms with Crippen molar-refractivity contribution >= 4 is 22.4 Å². The zero-order valence-corrected chi connectivity index (χ0v) is 19.3. The van der Waals surface area contributed by atoms with Crippen molar-refractivity contribution in [1.82, 2.24) is 25.1 Å². The first-order valence-corrected chi connectivity index (χ1v) is 11.6. The highest BCUT2D eigenvalue weighted by Gasteiger charge is 2.27. The van der Waals surface area contributed by atoms with Gasteiger partial charge < -0.3 is 15.5 Å². The van der Waals surface area contributed by atoms with Gasteiger partial charge in [-0.3, -0.25) is 4.90 Å². The van der Waals surface area contributed by atoms with Gasteiger partial charge in [0.15, 0.2) is 0 Å². The van der Waals surface area contributed by atoms with Crippen LogP contribution in [0.1, 0.15) is 31.0 Å². The Hall–Kier alpha value is -3.05. The molecular weight excluding hydrogens is 415 g/mol. The van der Waals surface area contributed by atoms with Gasteiger partial charge in [0.1, 0.15) is 18.0 Å². The third-order valence-electron chi connectivity index (χ3n) is 6.36. The van der Waals surface area contributed by atoms with Gasteiger partial charge >= 0.3 is 0 Å². The van der Waals surface area contributed by atoms with Crippen molar-refractivity contribution in [3.8, 4) is 12.3 Å². The summed E-state index contributed by atoms with van der Waals surface area (Å²) in [6, 6.07) is 10.9. The fraction of sp³-hybridized carbons (Fsp3) is 0.385. The van der Waals surface area contributed by atoms with Crippen molar-refractivity contribution in [2.75, 3.05) is 51.1 Å². The lowest BCUT2D eigenvalue weighted by molar-refractivity contribution is 0.137. The van der Waals surface area contributed by atoms with Crippen LogP contribution in [-0.4, -0.2) is 65.6 Å². The van der Waals surface area contributed by atoms with Crippen LogP contribution in [0.5, 0.6) is 0 Å². The zero-order chi connectivity index (χ0) is 23.2. The number of hydrogen-bond donors (Lipinski definition) is 2. The molecule has 2 aromatic carbocycles. The van der Waals surface area contributed by atoms with E-state index in [-0.39, 0.29) is 11.9 Å². The predicted octanol–water partition coefficient (Wildman–Crippen LogP) is 3.78. The van der Waals surface area contributed by atoms with Crippen LogP contribution in [0.2, 0.25) is 0 Å². The summed E-state index contributed by atoms with van der Waals surface area (Å²) >= 11 is 0. The molecule has 1 aliphatic rings. The fourth-order valence-corrected chi connectivity index (χ4v) is 4.40. The van der Waals surface area contributed by atoms with E-state index in [4.69, 9.17) is 6.42 Å². The van der Waals surface area contributed by atoms with Crippen molar-refractivity contribution < 1.29 is 4.39 Å².